The van der Waals surface area contributed by atoms with Gasteiger partial charge in [0.25, 0.3) is 0 Å². The highest BCUT2D eigenvalue weighted by Crippen LogP contribution is 2.51. The molecule has 9 heteroatoms. The van der Waals surface area contributed by atoms with Crippen molar-refractivity contribution in [2.24, 2.45) is 5.92 Å². The van der Waals surface area contributed by atoms with Gasteiger partial charge in [-0.15, -0.1) is 8.78 Å². The summed E-state index contributed by atoms with van der Waals surface area (Å²) < 4.78 is 36.8. The number of benzene rings is 1. The Labute approximate surface area is 159 Å². The third-order valence-corrected chi connectivity index (χ3v) is 5.46. The van der Waals surface area contributed by atoms with E-state index in [1.165, 1.54) is 6.07 Å². The second kappa shape index (κ2) is 6.21. The number of H-pyrrole nitrogens is 1. The van der Waals surface area contributed by atoms with Crippen LogP contribution in [0.15, 0.2) is 35.7 Å². The number of anilines is 1. The van der Waals surface area contributed by atoms with Crippen molar-refractivity contribution >= 4 is 5.82 Å². The number of nitrogens with zero attached hydrogens (tertiary/aromatic N) is 2. The summed E-state index contributed by atoms with van der Waals surface area (Å²) in [6.07, 6.45) is -0.349. The lowest BCUT2D eigenvalue weighted by Crippen LogP contribution is -2.32. The molecule has 4 heterocycles. The summed E-state index contributed by atoms with van der Waals surface area (Å²) >= 11 is 0. The number of hydrogen-bond donors (Lipinski definition) is 3. The van der Waals surface area contributed by atoms with Crippen molar-refractivity contribution in [1.82, 2.24) is 15.5 Å². The number of nitrogens with one attached hydrogen (secondary N) is 3. The summed E-state index contributed by atoms with van der Waals surface area (Å²) in [4.78, 5) is 0. The van der Waals surface area contributed by atoms with Crippen molar-refractivity contribution in [3.05, 3.63) is 46.8 Å². The van der Waals surface area contributed by atoms with Crippen molar-refractivity contribution in [1.29, 1.82) is 5.26 Å². The molecule has 0 bridgehead atoms. The molecule has 1 aromatic carbocycles. The number of allylic oxidation sites excluding steroid dienone is 2. The number of alkyl halides is 2. The van der Waals surface area contributed by atoms with E-state index in [4.69, 9.17) is 4.74 Å². The molecule has 5 rings (SSSR count). The molecule has 2 aromatic rings. The predicted octanol–water partition coefficient (Wildman–Crippen LogP) is 3.07. The molecule has 7 nitrogen and oxygen atoms in total. The van der Waals surface area contributed by atoms with Gasteiger partial charge in [0.15, 0.2) is 11.5 Å². The molecule has 1 aromatic heterocycles. The van der Waals surface area contributed by atoms with Crippen LogP contribution >= 0.6 is 0 Å². The van der Waals surface area contributed by atoms with Gasteiger partial charge >= 0.3 is 6.29 Å². The molecule has 0 saturated carbocycles. The fraction of sp³-hybridized carbons (Fsp3) is 0.368. The van der Waals surface area contributed by atoms with Crippen LogP contribution in [-0.4, -0.2) is 29.6 Å². The van der Waals surface area contributed by atoms with Crippen molar-refractivity contribution in [3.8, 4) is 17.6 Å². The van der Waals surface area contributed by atoms with Crippen LogP contribution in [0.3, 0.4) is 0 Å². The topological polar surface area (TPSA) is 95.0 Å². The Bertz CT molecular complexity index is 1000. The molecular weight excluding hydrogens is 368 g/mol. The molecule has 1 fully saturated rings. The average molecular weight is 385 g/mol. The minimum absolute atomic E-state index is 0.0354. The molecule has 3 aliphatic rings. The van der Waals surface area contributed by atoms with Crippen molar-refractivity contribution in [2.75, 3.05) is 18.4 Å². The molecule has 0 radical (unpaired) electrons. The van der Waals surface area contributed by atoms with E-state index < -0.39 is 12.2 Å². The lowest BCUT2D eigenvalue weighted by molar-refractivity contribution is -0.286. The number of aromatic nitrogens is 2. The third kappa shape index (κ3) is 2.60. The maximum Gasteiger partial charge on any atom is 0.586 e. The smallest absolute Gasteiger partial charge is 0.395 e. The molecule has 0 spiro atoms. The van der Waals surface area contributed by atoms with Crippen LogP contribution in [0, 0.1) is 17.2 Å². The number of halogens is 2. The summed E-state index contributed by atoms with van der Waals surface area (Å²) in [5, 5.41) is 23.7. The van der Waals surface area contributed by atoms with Gasteiger partial charge in [0.2, 0.25) is 0 Å². The van der Waals surface area contributed by atoms with Gasteiger partial charge in [0, 0.05) is 22.7 Å². The first-order valence-electron chi connectivity index (χ1n) is 9.11. The summed E-state index contributed by atoms with van der Waals surface area (Å²) in [7, 11) is 0. The molecule has 144 valence electrons. The number of fused-ring (bicyclic) bond motifs is 2. The normalized spacial score (nSPS) is 23.1. The van der Waals surface area contributed by atoms with E-state index in [2.05, 4.69) is 31.6 Å². The van der Waals surface area contributed by atoms with Crippen LogP contribution in [0.5, 0.6) is 11.5 Å². The van der Waals surface area contributed by atoms with E-state index in [1.807, 2.05) is 0 Å². The SMILES string of the molecule is N#CC1=C(C2CCNCC2)Nc2[nH]ncc2C1c1cccc2c1OC(F)(F)O2. The van der Waals surface area contributed by atoms with Crippen LogP contribution in [-0.2, 0) is 0 Å². The lowest BCUT2D eigenvalue weighted by atomic mass is 9.79. The van der Waals surface area contributed by atoms with Crippen LogP contribution in [0.25, 0.3) is 0 Å². The Balaban J connectivity index is 1.67. The van der Waals surface area contributed by atoms with Crippen molar-refractivity contribution in [3.63, 3.8) is 0 Å². The van der Waals surface area contributed by atoms with Gasteiger partial charge in [-0.2, -0.15) is 10.4 Å². The molecule has 0 amide bonds. The molecule has 1 atom stereocenters. The zero-order chi connectivity index (χ0) is 19.3. The van der Waals surface area contributed by atoms with Gasteiger partial charge in [-0.1, -0.05) is 12.1 Å². The Morgan fingerprint density at radius 1 is 1.18 bits per heavy atom. The van der Waals surface area contributed by atoms with Crippen LogP contribution in [0.1, 0.15) is 29.9 Å². The van der Waals surface area contributed by atoms with Crippen molar-refractivity contribution in [2.45, 2.75) is 25.1 Å². The second-order valence-corrected chi connectivity index (χ2v) is 7.06. The highest BCUT2D eigenvalue weighted by molar-refractivity contribution is 5.67. The summed E-state index contributed by atoms with van der Waals surface area (Å²) in [5.41, 5.74) is 2.48. The molecule has 1 saturated heterocycles. The van der Waals surface area contributed by atoms with Crippen LogP contribution < -0.4 is 20.1 Å². The quantitative estimate of drug-likeness (QED) is 0.736. The van der Waals surface area contributed by atoms with Gasteiger partial charge < -0.3 is 20.1 Å². The number of nitriles is 1. The Hall–Kier alpha value is -3.12. The number of aromatic amines is 1. The molecule has 3 aliphatic heterocycles. The number of piperidine rings is 1. The van der Waals surface area contributed by atoms with Gasteiger partial charge in [0.1, 0.15) is 5.82 Å². The molecule has 3 N–H and O–H groups in total. The van der Waals surface area contributed by atoms with Gasteiger partial charge in [-0.05, 0) is 32.0 Å². The summed E-state index contributed by atoms with van der Waals surface area (Å²) in [6.45, 7) is 1.72. The molecule has 0 aliphatic carbocycles. The Morgan fingerprint density at radius 3 is 2.79 bits per heavy atom. The highest BCUT2D eigenvalue weighted by Gasteiger charge is 2.46. The first kappa shape index (κ1) is 17.0. The zero-order valence-electron chi connectivity index (χ0n) is 14.8. The fourth-order valence-corrected chi connectivity index (χ4v) is 4.23. The number of para-hydroxylation sites is 1. The van der Waals surface area contributed by atoms with Crippen molar-refractivity contribution < 1.29 is 18.3 Å². The first-order chi connectivity index (χ1) is 13.6. The van der Waals surface area contributed by atoms with Gasteiger partial charge in [-0.3, -0.25) is 5.10 Å². The van der Waals surface area contributed by atoms with E-state index in [0.29, 0.717) is 22.5 Å². The maximum absolute atomic E-state index is 13.7. The fourth-order valence-electron chi connectivity index (χ4n) is 4.23. The first-order valence-corrected chi connectivity index (χ1v) is 9.11. The Kier molecular flexibility index (Phi) is 3.77. The minimum Gasteiger partial charge on any atom is -0.395 e. The highest BCUT2D eigenvalue weighted by atomic mass is 19.3. The van der Waals surface area contributed by atoms with E-state index >= 15 is 0 Å². The maximum atomic E-state index is 13.7. The second-order valence-electron chi connectivity index (χ2n) is 7.06. The monoisotopic (exact) mass is 385 g/mol. The average Bonchev–Trinajstić information content (AvgIpc) is 3.29. The largest absolute Gasteiger partial charge is 0.586 e. The Morgan fingerprint density at radius 2 is 2.00 bits per heavy atom. The molecule has 1 unspecified atom stereocenters. The van der Waals surface area contributed by atoms with E-state index in [0.717, 1.165) is 31.6 Å². The summed E-state index contributed by atoms with van der Waals surface area (Å²) in [6, 6.07) is 7.06. The molecule has 28 heavy (non-hydrogen) atoms. The standard InChI is InChI=1S/C19H17F2N5O2/c20-19(21)27-14-3-1-2-11(17(14)28-19)15-12(8-22)16(10-4-6-23-7-5-10)25-18-13(15)9-24-26-18/h1-3,9-10,15,23H,4-7H2,(H2,24,25,26). The van der Waals surface area contributed by atoms with E-state index in [9.17, 15) is 14.0 Å². The number of rotatable bonds is 2. The van der Waals surface area contributed by atoms with Crippen LogP contribution in [0.4, 0.5) is 14.6 Å². The number of ether oxygens (including phenoxy) is 2. The third-order valence-electron chi connectivity index (χ3n) is 5.46. The van der Waals surface area contributed by atoms with Gasteiger partial charge in [0.05, 0.1) is 23.8 Å². The predicted molar refractivity (Wildman–Crippen MR) is 94.9 cm³/mol. The van der Waals surface area contributed by atoms with E-state index in [-0.39, 0.29) is 17.4 Å². The van der Waals surface area contributed by atoms with Crippen LogP contribution in [0.2, 0.25) is 0 Å². The lowest BCUT2D eigenvalue weighted by Gasteiger charge is -2.32. The van der Waals surface area contributed by atoms with E-state index in [1.54, 1.807) is 18.3 Å². The number of hydrogen-bond acceptors (Lipinski definition) is 6. The van der Waals surface area contributed by atoms with Gasteiger partial charge in [-0.25, -0.2) is 0 Å². The minimum atomic E-state index is -3.72. The zero-order valence-corrected chi connectivity index (χ0v) is 14.8. The summed E-state index contributed by atoms with van der Waals surface area (Å²) in [5.74, 6) is 0.194. The molecular formula is C19H17F2N5O2.